The second-order valence-electron chi connectivity index (χ2n) is 4.26. The average Bonchev–Trinajstić information content (AvgIpc) is 2.41. The maximum absolute atomic E-state index is 11.7. The van der Waals surface area contributed by atoms with Gasteiger partial charge in [0, 0.05) is 6.42 Å². The molecule has 0 fully saturated rings. The first-order valence-electron chi connectivity index (χ1n) is 5.96. The topological polar surface area (TPSA) is 54.9 Å². The highest BCUT2D eigenvalue weighted by molar-refractivity contribution is 9.10. The highest BCUT2D eigenvalue weighted by Crippen LogP contribution is 2.09. The number of carbonyl (C=O) groups excluding carboxylic acids is 1. The van der Waals surface area contributed by atoms with Crippen molar-refractivity contribution < 1.29 is 4.79 Å². The first-order chi connectivity index (χ1) is 9.13. The van der Waals surface area contributed by atoms with Crippen molar-refractivity contribution in [3.8, 4) is 0 Å². The third-order valence-electron chi connectivity index (χ3n) is 2.65. The molecule has 2 rings (SSSR count). The van der Waals surface area contributed by atoms with E-state index in [1.807, 2.05) is 31.2 Å². The van der Waals surface area contributed by atoms with Crippen LogP contribution in [0.1, 0.15) is 17.5 Å². The Hall–Kier alpha value is -1.75. The Morgan fingerprint density at radius 1 is 1.21 bits per heavy atom. The van der Waals surface area contributed by atoms with Gasteiger partial charge in [0.25, 0.3) is 0 Å². The summed E-state index contributed by atoms with van der Waals surface area (Å²) >= 11 is 3.19. The molecule has 0 saturated heterocycles. The zero-order valence-electron chi connectivity index (χ0n) is 10.6. The second-order valence-corrected chi connectivity index (χ2v) is 5.07. The van der Waals surface area contributed by atoms with Crippen molar-refractivity contribution in [3.63, 3.8) is 0 Å². The Kier molecular flexibility index (Phi) is 4.63. The lowest BCUT2D eigenvalue weighted by Crippen LogP contribution is -2.13. The van der Waals surface area contributed by atoms with Gasteiger partial charge in [-0.2, -0.15) is 0 Å². The van der Waals surface area contributed by atoms with Gasteiger partial charge in [0.1, 0.15) is 4.60 Å². The van der Waals surface area contributed by atoms with E-state index in [1.54, 1.807) is 6.20 Å². The van der Waals surface area contributed by atoms with Gasteiger partial charge in [-0.3, -0.25) is 4.79 Å². The maximum atomic E-state index is 11.7. The molecule has 4 nitrogen and oxygen atoms in total. The largest absolute Gasteiger partial charge is 0.309 e. The third-order valence-corrected chi connectivity index (χ3v) is 3.06. The van der Waals surface area contributed by atoms with Crippen LogP contribution in [0.3, 0.4) is 0 Å². The van der Waals surface area contributed by atoms with Gasteiger partial charge in [0.15, 0.2) is 5.82 Å². The van der Waals surface area contributed by atoms with Gasteiger partial charge in [0.2, 0.25) is 5.91 Å². The highest BCUT2D eigenvalue weighted by Gasteiger charge is 2.04. The number of nitrogens with one attached hydrogen (secondary N) is 1. The van der Waals surface area contributed by atoms with Crippen molar-refractivity contribution in [2.24, 2.45) is 0 Å². The molecule has 0 bridgehead atoms. The van der Waals surface area contributed by atoms with Crippen molar-refractivity contribution in [1.29, 1.82) is 0 Å². The molecule has 5 heteroatoms. The number of rotatable bonds is 4. The van der Waals surface area contributed by atoms with Crippen LogP contribution in [0.25, 0.3) is 0 Å². The van der Waals surface area contributed by atoms with Crippen LogP contribution in [-0.4, -0.2) is 15.9 Å². The van der Waals surface area contributed by atoms with E-state index < -0.39 is 0 Å². The summed E-state index contributed by atoms with van der Waals surface area (Å²) in [4.78, 5) is 19.8. The van der Waals surface area contributed by atoms with Gasteiger partial charge in [0.05, 0.1) is 12.4 Å². The summed E-state index contributed by atoms with van der Waals surface area (Å²) in [5.74, 6) is 0.411. The number of anilines is 1. The van der Waals surface area contributed by atoms with Crippen molar-refractivity contribution >= 4 is 27.7 Å². The van der Waals surface area contributed by atoms with E-state index in [1.165, 1.54) is 11.8 Å². The van der Waals surface area contributed by atoms with E-state index in [-0.39, 0.29) is 5.91 Å². The molecule has 0 unspecified atom stereocenters. The molecule has 0 aliphatic heterocycles. The Morgan fingerprint density at radius 3 is 2.58 bits per heavy atom. The number of carbonyl (C=O) groups is 1. The van der Waals surface area contributed by atoms with Gasteiger partial charge in [-0.25, -0.2) is 9.97 Å². The fourth-order valence-electron chi connectivity index (χ4n) is 1.59. The summed E-state index contributed by atoms with van der Waals surface area (Å²) in [5, 5.41) is 2.72. The van der Waals surface area contributed by atoms with Gasteiger partial charge in [-0.1, -0.05) is 29.8 Å². The van der Waals surface area contributed by atoms with Gasteiger partial charge in [-0.05, 0) is 34.8 Å². The summed E-state index contributed by atoms with van der Waals surface area (Å²) in [7, 11) is 0. The molecule has 1 aromatic heterocycles. The number of amides is 1. The van der Waals surface area contributed by atoms with Gasteiger partial charge >= 0.3 is 0 Å². The van der Waals surface area contributed by atoms with Crippen LogP contribution < -0.4 is 5.32 Å². The molecular formula is C14H14BrN3O. The molecule has 0 radical (unpaired) electrons. The van der Waals surface area contributed by atoms with Gasteiger partial charge < -0.3 is 5.32 Å². The number of aryl methyl sites for hydroxylation is 2. The minimum Gasteiger partial charge on any atom is -0.309 e. The predicted molar refractivity (Wildman–Crippen MR) is 77.9 cm³/mol. The van der Waals surface area contributed by atoms with E-state index in [0.29, 0.717) is 16.8 Å². The number of aromatic nitrogens is 2. The lowest BCUT2D eigenvalue weighted by atomic mass is 10.1. The molecule has 2 aromatic rings. The fourth-order valence-corrected chi connectivity index (χ4v) is 1.80. The number of benzene rings is 1. The predicted octanol–water partition coefficient (Wildman–Crippen LogP) is 3.12. The maximum Gasteiger partial charge on any atom is 0.225 e. The van der Waals surface area contributed by atoms with Crippen LogP contribution in [0.4, 0.5) is 5.82 Å². The number of nitrogens with zero attached hydrogens (tertiary/aromatic N) is 2. The lowest BCUT2D eigenvalue weighted by Gasteiger charge is -2.04. The first kappa shape index (κ1) is 13.7. The highest BCUT2D eigenvalue weighted by atomic mass is 79.9. The zero-order valence-corrected chi connectivity index (χ0v) is 12.1. The van der Waals surface area contributed by atoms with Crippen LogP contribution in [-0.2, 0) is 11.2 Å². The number of halogens is 1. The monoisotopic (exact) mass is 319 g/mol. The molecule has 1 N–H and O–H groups in total. The summed E-state index contributed by atoms with van der Waals surface area (Å²) in [5.41, 5.74) is 2.38. The molecule has 1 aromatic carbocycles. The van der Waals surface area contributed by atoms with E-state index in [4.69, 9.17) is 0 Å². The van der Waals surface area contributed by atoms with Crippen LogP contribution in [0.15, 0.2) is 41.3 Å². The van der Waals surface area contributed by atoms with Crippen LogP contribution in [0.5, 0.6) is 0 Å². The molecule has 0 aliphatic rings. The summed E-state index contributed by atoms with van der Waals surface area (Å²) in [6.07, 6.45) is 4.22. The smallest absolute Gasteiger partial charge is 0.225 e. The quantitative estimate of drug-likeness (QED) is 0.942. The summed E-state index contributed by atoms with van der Waals surface area (Å²) in [6, 6.07) is 8.19. The van der Waals surface area contributed by atoms with E-state index in [2.05, 4.69) is 31.2 Å². The summed E-state index contributed by atoms with van der Waals surface area (Å²) < 4.78 is 0.644. The second kappa shape index (κ2) is 6.43. The van der Waals surface area contributed by atoms with Crippen molar-refractivity contribution in [2.75, 3.05) is 5.32 Å². The van der Waals surface area contributed by atoms with E-state index in [0.717, 1.165) is 12.0 Å². The van der Waals surface area contributed by atoms with Crippen molar-refractivity contribution in [1.82, 2.24) is 9.97 Å². The van der Waals surface area contributed by atoms with Crippen molar-refractivity contribution in [2.45, 2.75) is 19.8 Å². The standard InChI is InChI=1S/C14H14BrN3O/c1-10-2-4-11(5-3-10)6-7-14(19)18-13-9-16-12(15)8-17-13/h2-5,8-9H,6-7H2,1H3,(H,17,18,19). The Bertz CT molecular complexity index is 552. The molecule has 1 heterocycles. The molecule has 19 heavy (non-hydrogen) atoms. The molecule has 0 saturated carbocycles. The Morgan fingerprint density at radius 2 is 1.95 bits per heavy atom. The minimum atomic E-state index is -0.0582. The Balaban J connectivity index is 1.84. The number of hydrogen-bond acceptors (Lipinski definition) is 3. The van der Waals surface area contributed by atoms with Gasteiger partial charge in [-0.15, -0.1) is 0 Å². The molecule has 0 aliphatic carbocycles. The van der Waals surface area contributed by atoms with Crippen LogP contribution >= 0.6 is 15.9 Å². The fraction of sp³-hybridized carbons (Fsp3) is 0.214. The van der Waals surface area contributed by atoms with Crippen LogP contribution in [0.2, 0.25) is 0 Å². The van der Waals surface area contributed by atoms with E-state index in [9.17, 15) is 4.79 Å². The first-order valence-corrected chi connectivity index (χ1v) is 6.76. The lowest BCUT2D eigenvalue weighted by molar-refractivity contribution is -0.116. The molecule has 0 spiro atoms. The normalized spacial score (nSPS) is 10.2. The zero-order chi connectivity index (χ0) is 13.7. The SMILES string of the molecule is Cc1ccc(CCC(=O)Nc2cnc(Br)cn2)cc1. The minimum absolute atomic E-state index is 0.0582. The van der Waals surface area contributed by atoms with E-state index >= 15 is 0 Å². The molecule has 0 atom stereocenters. The number of hydrogen-bond donors (Lipinski definition) is 1. The molecular weight excluding hydrogens is 306 g/mol. The average molecular weight is 320 g/mol. The summed E-state index contributed by atoms with van der Waals surface area (Å²) in [6.45, 7) is 2.04. The Labute approximate surface area is 120 Å². The molecule has 98 valence electrons. The van der Waals surface area contributed by atoms with Crippen LogP contribution in [0, 0.1) is 6.92 Å². The molecule has 1 amide bonds. The van der Waals surface area contributed by atoms with Crippen molar-refractivity contribution in [3.05, 3.63) is 52.4 Å². The third kappa shape index (κ3) is 4.44.